The maximum Gasteiger partial charge on any atom is 0.229 e. The molecule has 1 saturated heterocycles. The molecule has 3 aromatic rings. The number of rotatable bonds is 7. The molecule has 2 fully saturated rings. The summed E-state index contributed by atoms with van der Waals surface area (Å²) in [5.41, 5.74) is 2.09. The summed E-state index contributed by atoms with van der Waals surface area (Å²) in [6.45, 7) is 8.65. The van der Waals surface area contributed by atoms with Crippen LogP contribution in [0.2, 0.25) is 0 Å². The largest absolute Gasteiger partial charge is 0.488 e. The van der Waals surface area contributed by atoms with E-state index in [0.717, 1.165) is 61.8 Å². The third kappa shape index (κ3) is 4.21. The van der Waals surface area contributed by atoms with Crippen LogP contribution in [0.3, 0.4) is 0 Å². The molecule has 0 spiro atoms. The van der Waals surface area contributed by atoms with Gasteiger partial charge in [-0.3, -0.25) is 9.69 Å². The number of H-pyrrole nitrogens is 1. The van der Waals surface area contributed by atoms with E-state index in [1.165, 1.54) is 12.1 Å². The number of carbonyl (C=O) groups is 1. The zero-order valence-electron chi connectivity index (χ0n) is 21.8. The van der Waals surface area contributed by atoms with Crippen LogP contribution in [0.5, 0.6) is 5.75 Å². The molecule has 1 amide bonds. The highest BCUT2D eigenvalue weighted by molar-refractivity contribution is 5.89. The molecule has 3 heterocycles. The molecule has 196 valence electrons. The fourth-order valence-corrected chi connectivity index (χ4v) is 6.02. The number of carbonyl (C=O) groups excluding carboxylic acids is 1. The number of nitrogens with zero attached hydrogens (tertiary/aromatic N) is 2. The van der Waals surface area contributed by atoms with Gasteiger partial charge in [-0.05, 0) is 50.8 Å². The molecule has 0 radical (unpaired) electrons. The van der Waals surface area contributed by atoms with Gasteiger partial charge in [0.15, 0.2) is 0 Å². The van der Waals surface area contributed by atoms with Crippen LogP contribution in [0.1, 0.15) is 69.3 Å². The van der Waals surface area contributed by atoms with Gasteiger partial charge in [-0.15, -0.1) is 0 Å². The van der Waals surface area contributed by atoms with Crippen molar-refractivity contribution in [1.82, 2.24) is 14.8 Å². The Kier molecular flexibility index (Phi) is 6.02. The number of para-hydroxylation sites is 1. The van der Waals surface area contributed by atoms with Crippen molar-refractivity contribution in [3.63, 3.8) is 0 Å². The van der Waals surface area contributed by atoms with Crippen LogP contribution in [-0.4, -0.2) is 52.5 Å². The highest BCUT2D eigenvalue weighted by atomic mass is 19.1. The topological polar surface area (TPSA) is 48.6 Å². The number of unbranched alkanes of at least 4 members (excludes halogenated alkanes) is 1. The summed E-state index contributed by atoms with van der Waals surface area (Å²) in [6, 6.07) is 9.42. The highest BCUT2D eigenvalue weighted by Crippen LogP contribution is 2.51. The summed E-state index contributed by atoms with van der Waals surface area (Å²) in [5, 5.41) is 1.04. The fourth-order valence-electron chi connectivity index (χ4n) is 6.02. The first-order valence-electron chi connectivity index (χ1n) is 13.6. The van der Waals surface area contributed by atoms with E-state index in [4.69, 9.17) is 4.74 Å². The van der Waals surface area contributed by atoms with Crippen LogP contribution in [0.4, 0.5) is 8.78 Å². The van der Waals surface area contributed by atoms with Crippen molar-refractivity contribution in [2.75, 3.05) is 19.6 Å². The molecule has 6 rings (SSSR count). The first-order valence-corrected chi connectivity index (χ1v) is 13.6. The summed E-state index contributed by atoms with van der Waals surface area (Å²) in [7, 11) is 0. The molecule has 2 aromatic carbocycles. The van der Waals surface area contributed by atoms with E-state index in [0.29, 0.717) is 12.1 Å². The fraction of sp³-hybridized carbons (Fsp3) is 0.500. The maximum atomic E-state index is 15.9. The number of hydrogen-bond donors (Lipinski definition) is 1. The van der Waals surface area contributed by atoms with Gasteiger partial charge in [-0.1, -0.05) is 38.5 Å². The summed E-state index contributed by atoms with van der Waals surface area (Å²) in [6.07, 6.45) is 4.44. The number of aromatic amines is 1. The van der Waals surface area contributed by atoms with Gasteiger partial charge >= 0.3 is 0 Å². The molecule has 5 nitrogen and oxygen atoms in total. The zero-order chi connectivity index (χ0) is 25.9. The van der Waals surface area contributed by atoms with Crippen molar-refractivity contribution in [2.45, 2.75) is 71.1 Å². The molecule has 0 unspecified atom stereocenters. The lowest BCUT2D eigenvalue weighted by Crippen LogP contribution is -2.53. The molecule has 1 aliphatic carbocycles. The molecule has 7 heteroatoms. The Morgan fingerprint density at radius 1 is 1.16 bits per heavy atom. The van der Waals surface area contributed by atoms with Crippen molar-refractivity contribution in [3.8, 4) is 5.75 Å². The van der Waals surface area contributed by atoms with Gasteiger partial charge in [0.1, 0.15) is 29.5 Å². The zero-order valence-corrected chi connectivity index (χ0v) is 21.8. The monoisotopic (exact) mass is 507 g/mol. The second kappa shape index (κ2) is 9.12. The van der Waals surface area contributed by atoms with Gasteiger partial charge in [0.2, 0.25) is 5.91 Å². The summed E-state index contributed by atoms with van der Waals surface area (Å²) >= 11 is 0. The van der Waals surface area contributed by atoms with Gasteiger partial charge in [-0.2, -0.15) is 0 Å². The molecule has 2 atom stereocenters. The Bertz CT molecular complexity index is 1320. The van der Waals surface area contributed by atoms with E-state index >= 15 is 8.78 Å². The Labute approximate surface area is 216 Å². The second-order valence-corrected chi connectivity index (χ2v) is 11.4. The molecule has 1 saturated carbocycles. The predicted molar refractivity (Wildman–Crippen MR) is 140 cm³/mol. The molecule has 1 N–H and O–H groups in total. The van der Waals surface area contributed by atoms with Crippen molar-refractivity contribution in [1.29, 1.82) is 0 Å². The van der Waals surface area contributed by atoms with Crippen molar-refractivity contribution in [2.24, 2.45) is 5.41 Å². The van der Waals surface area contributed by atoms with Crippen LogP contribution in [0.15, 0.2) is 36.4 Å². The minimum Gasteiger partial charge on any atom is -0.488 e. The van der Waals surface area contributed by atoms with Crippen molar-refractivity contribution < 1.29 is 18.3 Å². The van der Waals surface area contributed by atoms with E-state index in [1.54, 1.807) is 4.90 Å². The van der Waals surface area contributed by atoms with E-state index in [-0.39, 0.29) is 29.4 Å². The molecule has 1 aromatic heterocycles. The Morgan fingerprint density at radius 2 is 1.86 bits per heavy atom. The molecular weight excluding hydrogens is 472 g/mol. The van der Waals surface area contributed by atoms with Crippen molar-refractivity contribution in [3.05, 3.63) is 64.9 Å². The molecular formula is C30H35F2N3O2. The predicted octanol–water partition coefficient (Wildman–Crippen LogP) is 5.97. The average Bonchev–Trinajstić information content (AvgIpc) is 3.49. The van der Waals surface area contributed by atoms with E-state index < -0.39 is 23.1 Å². The van der Waals surface area contributed by atoms with Gasteiger partial charge in [0, 0.05) is 53.3 Å². The van der Waals surface area contributed by atoms with Crippen LogP contribution >= 0.6 is 0 Å². The number of halogens is 2. The van der Waals surface area contributed by atoms with Crippen LogP contribution in [0, 0.1) is 17.0 Å². The lowest BCUT2D eigenvalue weighted by atomic mass is 9.86. The standard InChI is InChI=1S/C30H35F2N3O2/c1-4-5-12-34-16-20(17-34)37-19-14-23(31)26(24(32)15-19)28-27-22(21-8-6-7-9-25(21)33-27)13-18(2)35(28)29(36)30(3)10-11-30/h6-9,14-15,18,20,28,33H,4-5,10-13,16-17H2,1-3H3/t18-,28-/m1/s1. The number of likely N-dealkylation sites (tertiary alicyclic amines) is 1. The summed E-state index contributed by atoms with van der Waals surface area (Å²) in [4.78, 5) is 21.2. The number of nitrogens with one attached hydrogen (secondary N) is 1. The molecule has 37 heavy (non-hydrogen) atoms. The SMILES string of the molecule is CCCCN1CC(Oc2cc(F)c([C@@H]3c4[nH]c5ccccc5c4C[C@@H](C)N3C(=O)C3(C)CC3)c(F)c2)C1. The Balaban J connectivity index is 1.37. The lowest BCUT2D eigenvalue weighted by Gasteiger charge is -2.42. The molecule has 3 aliphatic rings. The minimum atomic E-state index is -0.863. The number of ether oxygens (including phenoxy) is 1. The normalized spacial score (nSPS) is 23.1. The second-order valence-electron chi connectivity index (χ2n) is 11.4. The Hall–Kier alpha value is -2.93. The first-order chi connectivity index (χ1) is 17.8. The Morgan fingerprint density at radius 3 is 2.54 bits per heavy atom. The number of aromatic nitrogens is 1. The van der Waals surface area contributed by atoms with Gasteiger partial charge < -0.3 is 14.6 Å². The quantitative estimate of drug-likeness (QED) is 0.429. The number of amides is 1. The third-order valence-corrected chi connectivity index (χ3v) is 8.50. The summed E-state index contributed by atoms with van der Waals surface area (Å²) in [5.74, 6) is -1.19. The first kappa shape index (κ1) is 24.4. The third-order valence-electron chi connectivity index (χ3n) is 8.50. The lowest BCUT2D eigenvalue weighted by molar-refractivity contribution is -0.141. The average molecular weight is 508 g/mol. The van der Waals surface area contributed by atoms with Gasteiger partial charge in [-0.25, -0.2) is 8.78 Å². The van der Waals surface area contributed by atoms with E-state index in [2.05, 4.69) is 16.8 Å². The molecule has 2 aliphatic heterocycles. The van der Waals surface area contributed by atoms with Gasteiger partial charge in [0.25, 0.3) is 0 Å². The number of benzene rings is 2. The van der Waals surface area contributed by atoms with Crippen LogP contribution < -0.4 is 4.74 Å². The number of fused-ring (bicyclic) bond motifs is 3. The smallest absolute Gasteiger partial charge is 0.229 e. The van der Waals surface area contributed by atoms with Crippen LogP contribution in [0.25, 0.3) is 10.9 Å². The minimum absolute atomic E-state index is 0.0323. The van der Waals surface area contributed by atoms with Crippen LogP contribution in [-0.2, 0) is 11.2 Å². The van der Waals surface area contributed by atoms with E-state index in [1.807, 2.05) is 38.1 Å². The van der Waals surface area contributed by atoms with Crippen molar-refractivity contribution >= 4 is 16.8 Å². The maximum absolute atomic E-state index is 15.9. The van der Waals surface area contributed by atoms with Gasteiger partial charge in [0.05, 0.1) is 5.56 Å². The highest BCUT2D eigenvalue weighted by Gasteiger charge is 2.52. The molecule has 0 bridgehead atoms. The van der Waals surface area contributed by atoms with E-state index in [9.17, 15) is 4.79 Å². The summed E-state index contributed by atoms with van der Waals surface area (Å²) < 4.78 is 37.6. The number of hydrogen-bond acceptors (Lipinski definition) is 3.